The van der Waals surface area contributed by atoms with Crippen molar-refractivity contribution >= 4 is 17.9 Å². The topological polar surface area (TPSA) is 133 Å². The zero-order valence-corrected chi connectivity index (χ0v) is 43.2. The van der Waals surface area contributed by atoms with E-state index in [-0.39, 0.29) is 30.8 Å². The van der Waals surface area contributed by atoms with Crippen molar-refractivity contribution in [3.05, 3.63) is 0 Å². The highest BCUT2D eigenvalue weighted by Gasteiger charge is 2.24. The first-order valence-corrected chi connectivity index (χ1v) is 27.6. The van der Waals surface area contributed by atoms with E-state index in [1.54, 1.807) is 14.2 Å². The van der Waals surface area contributed by atoms with Gasteiger partial charge in [0.2, 0.25) is 11.8 Å². The van der Waals surface area contributed by atoms with Gasteiger partial charge in [-0.25, -0.2) is 4.79 Å². The second-order valence-electron chi connectivity index (χ2n) is 18.7. The summed E-state index contributed by atoms with van der Waals surface area (Å²) in [6.45, 7) is 8.51. The highest BCUT2D eigenvalue weighted by molar-refractivity contribution is 5.86. The Morgan fingerprint density at radius 1 is 0.400 bits per heavy atom. The van der Waals surface area contributed by atoms with Crippen LogP contribution in [0.5, 0.6) is 0 Å². The fourth-order valence-electron chi connectivity index (χ4n) is 8.29. The normalized spacial score (nSPS) is 12.3. The molecule has 0 radical (unpaired) electrons. The number of hydrogen-bond acceptors (Lipinski definition) is 8. The molecular formula is C54H107N3O8. The maximum Gasteiger partial charge on any atom is 0.408 e. The van der Waals surface area contributed by atoms with Crippen molar-refractivity contribution in [3.8, 4) is 0 Å². The smallest absolute Gasteiger partial charge is 0.408 e. The van der Waals surface area contributed by atoms with Crippen molar-refractivity contribution in [2.45, 2.75) is 264 Å². The second-order valence-corrected chi connectivity index (χ2v) is 18.7. The molecule has 0 saturated heterocycles. The van der Waals surface area contributed by atoms with Gasteiger partial charge in [-0.15, -0.1) is 0 Å². The van der Waals surface area contributed by atoms with Crippen molar-refractivity contribution in [1.29, 1.82) is 0 Å². The minimum absolute atomic E-state index is 0.102. The Bertz CT molecular complexity index is 1010. The van der Waals surface area contributed by atoms with Crippen LogP contribution >= 0.6 is 0 Å². The number of carbonyl (C=O) groups excluding carboxylic acids is 3. The van der Waals surface area contributed by atoms with Gasteiger partial charge in [0.05, 0.1) is 26.4 Å². The van der Waals surface area contributed by atoms with Crippen molar-refractivity contribution in [2.75, 3.05) is 67.0 Å². The van der Waals surface area contributed by atoms with Crippen LogP contribution in [0.3, 0.4) is 0 Å². The molecule has 11 heteroatoms. The van der Waals surface area contributed by atoms with Crippen LogP contribution in [0.15, 0.2) is 0 Å². The number of methoxy groups -OCH3 is 2. The van der Waals surface area contributed by atoms with Gasteiger partial charge in [-0.3, -0.25) is 9.59 Å². The van der Waals surface area contributed by atoms with Crippen LogP contribution < -0.4 is 16.0 Å². The largest absolute Gasteiger partial charge is 0.446 e. The molecule has 2 atom stereocenters. The molecule has 3 N–H and O–H groups in total. The van der Waals surface area contributed by atoms with Gasteiger partial charge in [0, 0.05) is 46.9 Å². The molecule has 0 aliphatic rings. The lowest BCUT2D eigenvalue weighted by atomic mass is 10.0. The van der Waals surface area contributed by atoms with E-state index >= 15 is 0 Å². The molecule has 0 bridgehead atoms. The van der Waals surface area contributed by atoms with Gasteiger partial charge < -0.3 is 39.6 Å². The second kappa shape index (κ2) is 53.0. The van der Waals surface area contributed by atoms with E-state index in [2.05, 4.69) is 29.8 Å². The zero-order chi connectivity index (χ0) is 47.4. The average molecular weight is 926 g/mol. The van der Waals surface area contributed by atoms with Crippen LogP contribution in [0, 0.1) is 0 Å². The molecular weight excluding hydrogens is 819 g/mol. The number of carbonyl (C=O) groups is 3. The third kappa shape index (κ3) is 48.3. The molecule has 0 fully saturated rings. The number of nitrogens with one attached hydrogen (secondary N) is 3. The molecule has 3 amide bonds. The average Bonchev–Trinajstić information content (AvgIpc) is 3.30. The van der Waals surface area contributed by atoms with Crippen LogP contribution in [0.25, 0.3) is 0 Å². The molecule has 0 heterocycles. The molecule has 0 saturated carbocycles. The number of hydrogen-bond donors (Lipinski definition) is 3. The Morgan fingerprint density at radius 2 is 0.754 bits per heavy atom. The monoisotopic (exact) mass is 926 g/mol. The SMILES string of the molecule is CCCCCCCCCCCCCCCCCCC(CCCCCCCCCCCCCCCCC)OC(=O)N[C@H](CCC(=O)NCCCOCCOC)C(=O)NCCCOCCOC. The first-order chi connectivity index (χ1) is 32.0. The van der Waals surface area contributed by atoms with Gasteiger partial charge in [-0.05, 0) is 44.9 Å². The van der Waals surface area contributed by atoms with E-state index in [1.807, 2.05) is 0 Å². The molecule has 0 aromatic rings. The Morgan fingerprint density at radius 3 is 1.12 bits per heavy atom. The number of amides is 3. The molecule has 0 spiro atoms. The van der Waals surface area contributed by atoms with Gasteiger partial charge in [0.1, 0.15) is 12.1 Å². The van der Waals surface area contributed by atoms with Crippen LogP contribution in [-0.2, 0) is 33.3 Å². The molecule has 386 valence electrons. The Hall–Kier alpha value is -1.95. The lowest BCUT2D eigenvalue weighted by molar-refractivity contribution is -0.124. The van der Waals surface area contributed by atoms with E-state index in [1.165, 1.54) is 173 Å². The summed E-state index contributed by atoms with van der Waals surface area (Å²) in [5, 5.41) is 8.67. The van der Waals surface area contributed by atoms with E-state index in [9.17, 15) is 14.4 Å². The Kier molecular flexibility index (Phi) is 51.4. The molecule has 0 aliphatic heterocycles. The van der Waals surface area contributed by atoms with E-state index < -0.39 is 12.1 Å². The predicted octanol–water partition coefficient (Wildman–Crippen LogP) is 13.5. The maximum absolute atomic E-state index is 13.5. The summed E-state index contributed by atoms with van der Waals surface area (Å²) in [4.78, 5) is 39.6. The highest BCUT2D eigenvalue weighted by atomic mass is 16.6. The molecule has 11 nitrogen and oxygen atoms in total. The molecule has 0 rings (SSSR count). The standard InChI is InChI=1S/C54H107N3O8/c1-5-7-9-11-13-15-17-19-21-23-25-27-29-31-33-35-39-50(38-34-32-30-28-26-24-22-20-18-16-14-12-10-8-6-2)65-54(60)57-51(53(59)56-43-37-45-64-49-47-62-4)40-41-52(58)55-42-36-44-63-48-46-61-3/h50-51H,5-49H2,1-4H3,(H,55,58)(H,56,59)(H,57,60)/t50?,51-/m1/s1. The number of unbranched alkanes of at least 4 members (excludes halogenated alkanes) is 29. The fraction of sp³-hybridized carbons (Fsp3) is 0.944. The van der Waals surface area contributed by atoms with E-state index in [0.29, 0.717) is 65.6 Å². The summed E-state index contributed by atoms with van der Waals surface area (Å²) in [5.41, 5.74) is 0. The summed E-state index contributed by atoms with van der Waals surface area (Å²) >= 11 is 0. The summed E-state index contributed by atoms with van der Waals surface area (Å²) in [5.74, 6) is -0.495. The van der Waals surface area contributed by atoms with Crippen molar-refractivity contribution < 1.29 is 38.1 Å². The van der Waals surface area contributed by atoms with Gasteiger partial charge in [0.15, 0.2) is 0 Å². The number of alkyl carbamates (subject to hydrolysis) is 1. The van der Waals surface area contributed by atoms with Crippen molar-refractivity contribution in [1.82, 2.24) is 16.0 Å². The first kappa shape index (κ1) is 63.0. The van der Waals surface area contributed by atoms with Crippen LogP contribution in [0.1, 0.15) is 251 Å². The Labute approximate surface area is 401 Å². The molecule has 0 aromatic heterocycles. The molecule has 0 aromatic carbocycles. The summed E-state index contributed by atoms with van der Waals surface area (Å²) < 4.78 is 27.1. The van der Waals surface area contributed by atoms with Crippen molar-refractivity contribution in [3.63, 3.8) is 0 Å². The lowest BCUT2D eigenvalue weighted by Crippen LogP contribution is -2.48. The molecule has 1 unspecified atom stereocenters. The zero-order valence-electron chi connectivity index (χ0n) is 43.2. The highest BCUT2D eigenvalue weighted by Crippen LogP contribution is 2.19. The van der Waals surface area contributed by atoms with Crippen molar-refractivity contribution in [2.24, 2.45) is 0 Å². The van der Waals surface area contributed by atoms with Crippen LogP contribution in [0.2, 0.25) is 0 Å². The third-order valence-corrected chi connectivity index (χ3v) is 12.5. The molecule has 65 heavy (non-hydrogen) atoms. The van der Waals surface area contributed by atoms with E-state index in [0.717, 1.165) is 38.5 Å². The minimum Gasteiger partial charge on any atom is -0.446 e. The van der Waals surface area contributed by atoms with E-state index in [4.69, 9.17) is 23.7 Å². The Balaban J connectivity index is 4.96. The predicted molar refractivity (Wildman–Crippen MR) is 271 cm³/mol. The number of rotatable bonds is 53. The maximum atomic E-state index is 13.5. The quantitative estimate of drug-likeness (QED) is 0.0514. The minimum atomic E-state index is -0.887. The summed E-state index contributed by atoms with van der Waals surface area (Å²) in [6, 6.07) is -0.887. The first-order valence-electron chi connectivity index (χ1n) is 27.6. The van der Waals surface area contributed by atoms with Gasteiger partial charge in [-0.2, -0.15) is 0 Å². The number of ether oxygens (including phenoxy) is 5. The lowest BCUT2D eigenvalue weighted by Gasteiger charge is -2.22. The summed E-state index contributed by atoms with van der Waals surface area (Å²) in [6.07, 6.45) is 43.4. The fourth-order valence-corrected chi connectivity index (χ4v) is 8.29. The van der Waals surface area contributed by atoms with Crippen LogP contribution in [0.4, 0.5) is 4.79 Å². The van der Waals surface area contributed by atoms with Crippen LogP contribution in [-0.4, -0.2) is 97.0 Å². The van der Waals surface area contributed by atoms with Gasteiger partial charge in [-0.1, -0.05) is 200 Å². The summed E-state index contributed by atoms with van der Waals surface area (Å²) in [7, 11) is 3.26. The van der Waals surface area contributed by atoms with Gasteiger partial charge >= 0.3 is 6.09 Å². The van der Waals surface area contributed by atoms with Gasteiger partial charge in [0.25, 0.3) is 0 Å². The molecule has 0 aliphatic carbocycles. The third-order valence-electron chi connectivity index (χ3n) is 12.5.